The maximum atomic E-state index is 12.2. The van der Waals surface area contributed by atoms with Crippen LogP contribution in [0, 0.1) is 0 Å². The standard InChI is InChI=1S/C16H20N4O5S/c1-2-24-16(22)11-7-13(12-10-26-19-18-12)25-14(11)8-17-15(21)9-20-3-5-23-6-4-20/h7,10H,2-6,8-9H2,1H3,(H,17,21). The van der Waals surface area contributed by atoms with Crippen LogP contribution in [0.25, 0.3) is 11.5 Å². The third-order valence-electron chi connectivity index (χ3n) is 3.83. The molecule has 0 spiro atoms. The number of rotatable bonds is 7. The van der Waals surface area contributed by atoms with Crippen LogP contribution in [0.2, 0.25) is 0 Å². The largest absolute Gasteiger partial charge is 0.462 e. The van der Waals surface area contributed by atoms with E-state index in [2.05, 4.69) is 14.9 Å². The summed E-state index contributed by atoms with van der Waals surface area (Å²) < 4.78 is 19.8. The number of esters is 1. The average molecular weight is 380 g/mol. The van der Waals surface area contributed by atoms with Gasteiger partial charge >= 0.3 is 5.97 Å². The maximum Gasteiger partial charge on any atom is 0.341 e. The molecular weight excluding hydrogens is 360 g/mol. The van der Waals surface area contributed by atoms with E-state index in [9.17, 15) is 9.59 Å². The first-order chi connectivity index (χ1) is 12.7. The number of ether oxygens (including phenoxy) is 2. The molecule has 10 heteroatoms. The zero-order valence-electron chi connectivity index (χ0n) is 14.4. The molecule has 1 aliphatic heterocycles. The van der Waals surface area contributed by atoms with Crippen molar-refractivity contribution in [2.45, 2.75) is 13.5 Å². The van der Waals surface area contributed by atoms with Crippen LogP contribution in [0.1, 0.15) is 23.0 Å². The lowest BCUT2D eigenvalue weighted by atomic mass is 10.2. The number of aromatic nitrogens is 2. The van der Waals surface area contributed by atoms with E-state index in [1.54, 1.807) is 18.4 Å². The first-order valence-electron chi connectivity index (χ1n) is 8.31. The smallest absolute Gasteiger partial charge is 0.341 e. The van der Waals surface area contributed by atoms with Crippen molar-refractivity contribution >= 4 is 23.4 Å². The summed E-state index contributed by atoms with van der Waals surface area (Å²) in [6.45, 7) is 5.06. The molecule has 26 heavy (non-hydrogen) atoms. The van der Waals surface area contributed by atoms with Gasteiger partial charge in [-0.25, -0.2) is 4.79 Å². The van der Waals surface area contributed by atoms with Crippen LogP contribution in [0.15, 0.2) is 15.9 Å². The second-order valence-electron chi connectivity index (χ2n) is 5.62. The summed E-state index contributed by atoms with van der Waals surface area (Å²) in [5.41, 5.74) is 0.813. The molecule has 9 nitrogen and oxygen atoms in total. The molecule has 0 bridgehead atoms. The highest BCUT2D eigenvalue weighted by molar-refractivity contribution is 7.03. The summed E-state index contributed by atoms with van der Waals surface area (Å²) >= 11 is 1.18. The number of carbonyl (C=O) groups is 2. The van der Waals surface area contributed by atoms with Crippen molar-refractivity contribution in [1.82, 2.24) is 19.8 Å². The Morgan fingerprint density at radius 1 is 1.38 bits per heavy atom. The number of nitrogens with one attached hydrogen (secondary N) is 1. The second kappa shape index (κ2) is 8.88. The summed E-state index contributed by atoms with van der Waals surface area (Å²) in [4.78, 5) is 26.3. The Hall–Kier alpha value is -2.30. The van der Waals surface area contributed by atoms with E-state index in [1.165, 1.54) is 11.5 Å². The van der Waals surface area contributed by atoms with Gasteiger partial charge in [-0.3, -0.25) is 9.69 Å². The number of carbonyl (C=O) groups excluding carboxylic acids is 2. The molecule has 0 radical (unpaired) electrons. The Bertz CT molecular complexity index is 740. The van der Waals surface area contributed by atoms with Crippen LogP contribution >= 0.6 is 11.5 Å². The molecule has 0 saturated carbocycles. The molecule has 1 amide bonds. The van der Waals surface area contributed by atoms with Crippen molar-refractivity contribution in [2.24, 2.45) is 0 Å². The number of morpholine rings is 1. The molecule has 3 rings (SSSR count). The lowest BCUT2D eigenvalue weighted by molar-refractivity contribution is -0.123. The minimum atomic E-state index is -0.497. The van der Waals surface area contributed by atoms with E-state index < -0.39 is 5.97 Å². The summed E-state index contributed by atoms with van der Waals surface area (Å²) in [6, 6.07) is 1.57. The molecule has 140 valence electrons. The third kappa shape index (κ3) is 4.65. The summed E-state index contributed by atoms with van der Waals surface area (Å²) in [5.74, 6) is 0.110. The van der Waals surface area contributed by atoms with Crippen LogP contribution < -0.4 is 5.32 Å². The second-order valence-corrected chi connectivity index (χ2v) is 6.23. The molecular formula is C16H20N4O5S. The predicted molar refractivity (Wildman–Crippen MR) is 92.7 cm³/mol. The zero-order chi connectivity index (χ0) is 18.4. The van der Waals surface area contributed by atoms with Crippen molar-refractivity contribution in [2.75, 3.05) is 39.5 Å². The molecule has 1 saturated heterocycles. The monoisotopic (exact) mass is 380 g/mol. The molecule has 0 unspecified atom stereocenters. The Morgan fingerprint density at radius 3 is 2.88 bits per heavy atom. The summed E-state index contributed by atoms with van der Waals surface area (Å²) in [6.07, 6.45) is 0. The van der Waals surface area contributed by atoms with Gasteiger partial charge in [0.05, 0.1) is 32.9 Å². The van der Waals surface area contributed by atoms with Gasteiger partial charge < -0.3 is 19.2 Å². The van der Waals surface area contributed by atoms with Gasteiger partial charge in [-0.15, -0.1) is 5.10 Å². The van der Waals surface area contributed by atoms with Crippen molar-refractivity contribution in [3.05, 3.63) is 22.8 Å². The topological polar surface area (TPSA) is 107 Å². The Morgan fingerprint density at radius 2 is 2.19 bits per heavy atom. The fraction of sp³-hybridized carbons (Fsp3) is 0.500. The highest BCUT2D eigenvalue weighted by Crippen LogP contribution is 2.25. The number of amides is 1. The summed E-state index contributed by atoms with van der Waals surface area (Å²) in [7, 11) is 0. The van der Waals surface area contributed by atoms with Gasteiger partial charge in [-0.2, -0.15) is 0 Å². The lowest BCUT2D eigenvalue weighted by Gasteiger charge is -2.25. The Balaban J connectivity index is 1.67. The molecule has 2 aromatic rings. The fourth-order valence-corrected chi connectivity index (χ4v) is 2.98. The highest BCUT2D eigenvalue weighted by Gasteiger charge is 2.22. The Labute approximate surface area is 154 Å². The van der Waals surface area contributed by atoms with Gasteiger partial charge in [0.15, 0.2) is 5.76 Å². The maximum absolute atomic E-state index is 12.2. The van der Waals surface area contributed by atoms with E-state index in [0.29, 0.717) is 30.4 Å². The molecule has 0 atom stereocenters. The lowest BCUT2D eigenvalue weighted by Crippen LogP contribution is -2.43. The Kier molecular flexibility index (Phi) is 6.31. The molecule has 3 heterocycles. The van der Waals surface area contributed by atoms with E-state index >= 15 is 0 Å². The highest BCUT2D eigenvalue weighted by atomic mass is 32.1. The summed E-state index contributed by atoms with van der Waals surface area (Å²) in [5, 5.41) is 8.44. The third-order valence-corrected chi connectivity index (χ3v) is 4.34. The van der Waals surface area contributed by atoms with Gasteiger partial charge in [0.25, 0.3) is 0 Å². The van der Waals surface area contributed by atoms with Crippen LogP contribution in [0.5, 0.6) is 0 Å². The predicted octanol–water partition coefficient (Wildman–Crippen LogP) is 0.923. The minimum absolute atomic E-state index is 0.0921. The van der Waals surface area contributed by atoms with E-state index in [1.807, 2.05) is 4.90 Å². The van der Waals surface area contributed by atoms with Crippen LogP contribution in [0.4, 0.5) is 0 Å². The zero-order valence-corrected chi connectivity index (χ0v) is 15.2. The molecule has 0 aliphatic carbocycles. The van der Waals surface area contributed by atoms with Crippen molar-refractivity contribution < 1.29 is 23.5 Å². The average Bonchev–Trinajstić information content (AvgIpc) is 3.30. The van der Waals surface area contributed by atoms with Crippen molar-refractivity contribution in [3.63, 3.8) is 0 Å². The molecule has 1 N–H and O–H groups in total. The van der Waals surface area contributed by atoms with Gasteiger partial charge in [-0.05, 0) is 18.5 Å². The normalized spacial score (nSPS) is 15.0. The number of furan rings is 1. The number of hydrogen-bond donors (Lipinski definition) is 1. The quantitative estimate of drug-likeness (QED) is 0.707. The number of nitrogens with zero attached hydrogens (tertiary/aromatic N) is 3. The van der Waals surface area contributed by atoms with E-state index in [-0.39, 0.29) is 31.2 Å². The first-order valence-corrected chi connectivity index (χ1v) is 9.15. The van der Waals surface area contributed by atoms with Gasteiger partial charge in [0.2, 0.25) is 5.91 Å². The van der Waals surface area contributed by atoms with Gasteiger partial charge in [-0.1, -0.05) is 4.49 Å². The van der Waals surface area contributed by atoms with E-state index in [0.717, 1.165) is 13.1 Å². The van der Waals surface area contributed by atoms with Gasteiger partial charge in [0, 0.05) is 24.5 Å². The first kappa shape index (κ1) is 18.5. The van der Waals surface area contributed by atoms with Crippen LogP contribution in [0.3, 0.4) is 0 Å². The van der Waals surface area contributed by atoms with Crippen LogP contribution in [-0.2, 0) is 20.8 Å². The van der Waals surface area contributed by atoms with Crippen LogP contribution in [-0.4, -0.2) is 65.8 Å². The van der Waals surface area contributed by atoms with Gasteiger partial charge in [0.1, 0.15) is 17.0 Å². The molecule has 1 fully saturated rings. The van der Waals surface area contributed by atoms with Crippen molar-refractivity contribution in [1.29, 1.82) is 0 Å². The minimum Gasteiger partial charge on any atom is -0.462 e. The molecule has 0 aromatic carbocycles. The van der Waals surface area contributed by atoms with E-state index in [4.69, 9.17) is 13.9 Å². The van der Waals surface area contributed by atoms with Crippen molar-refractivity contribution in [3.8, 4) is 11.5 Å². The number of hydrogen-bond acceptors (Lipinski definition) is 9. The fourth-order valence-electron chi connectivity index (χ4n) is 2.54. The molecule has 1 aliphatic rings. The molecule has 2 aromatic heterocycles. The SMILES string of the molecule is CCOC(=O)c1cc(-c2csnn2)oc1CNC(=O)CN1CCOCC1.